The first kappa shape index (κ1) is 13.1. The number of nitrogens with zero attached hydrogens (tertiary/aromatic N) is 2. The number of ether oxygens (including phenoxy) is 1. The van der Waals surface area contributed by atoms with Gasteiger partial charge in [-0.3, -0.25) is 4.79 Å². The molecule has 0 aliphatic carbocycles. The maximum Gasteiger partial charge on any atom is 0.317 e. The summed E-state index contributed by atoms with van der Waals surface area (Å²) in [5, 5.41) is 9.65. The van der Waals surface area contributed by atoms with Crippen LogP contribution in [-0.4, -0.2) is 33.9 Å². The molecular weight excluding hydrogens is 252 g/mol. The van der Waals surface area contributed by atoms with Gasteiger partial charge < -0.3 is 9.84 Å². The van der Waals surface area contributed by atoms with Crippen LogP contribution in [0.4, 0.5) is 0 Å². The van der Waals surface area contributed by atoms with Gasteiger partial charge in [0.25, 0.3) is 0 Å². The molecule has 0 bridgehead atoms. The molecule has 0 saturated heterocycles. The summed E-state index contributed by atoms with van der Waals surface area (Å²) < 4.78 is 4.85. The first-order valence-electron chi connectivity index (χ1n) is 4.46. The monoisotopic (exact) mass is 262 g/mol. The van der Waals surface area contributed by atoms with Crippen LogP contribution in [0.1, 0.15) is 6.92 Å². The summed E-state index contributed by atoms with van der Waals surface area (Å²) in [6.07, 6.45) is 1.43. The SMILES string of the molecule is COc1ncc(Cl)c(SCC(C)C(=O)O)n1. The number of carboxylic acids is 1. The molecule has 0 spiro atoms. The van der Waals surface area contributed by atoms with E-state index < -0.39 is 11.9 Å². The number of hydrogen-bond donors (Lipinski definition) is 1. The molecule has 0 aromatic carbocycles. The zero-order valence-corrected chi connectivity index (χ0v) is 10.4. The van der Waals surface area contributed by atoms with Gasteiger partial charge in [-0.05, 0) is 0 Å². The highest BCUT2D eigenvalue weighted by molar-refractivity contribution is 7.99. The number of hydrogen-bond acceptors (Lipinski definition) is 5. The van der Waals surface area contributed by atoms with Crippen molar-refractivity contribution < 1.29 is 14.6 Å². The maximum atomic E-state index is 10.6. The molecule has 7 heteroatoms. The number of carboxylic acid groups (broad SMARTS) is 1. The van der Waals surface area contributed by atoms with Gasteiger partial charge in [-0.2, -0.15) is 4.98 Å². The Bertz CT molecular complexity index is 389. The maximum absolute atomic E-state index is 10.6. The molecule has 0 amide bonds. The normalized spacial score (nSPS) is 12.2. The molecule has 1 heterocycles. The third-order valence-electron chi connectivity index (χ3n) is 1.76. The third-order valence-corrected chi connectivity index (χ3v) is 3.40. The number of aromatic nitrogens is 2. The van der Waals surface area contributed by atoms with E-state index in [0.29, 0.717) is 15.8 Å². The van der Waals surface area contributed by atoms with Gasteiger partial charge in [0.15, 0.2) is 0 Å². The first-order chi connectivity index (χ1) is 7.54. The Morgan fingerprint density at radius 2 is 2.44 bits per heavy atom. The molecule has 5 nitrogen and oxygen atoms in total. The van der Waals surface area contributed by atoms with E-state index in [2.05, 4.69) is 9.97 Å². The quantitative estimate of drug-likeness (QED) is 0.646. The molecule has 0 fully saturated rings. The summed E-state index contributed by atoms with van der Waals surface area (Å²) in [6.45, 7) is 1.63. The molecule has 0 aliphatic rings. The van der Waals surface area contributed by atoms with Crippen LogP contribution >= 0.6 is 23.4 Å². The number of aliphatic carboxylic acids is 1. The summed E-state index contributed by atoms with van der Waals surface area (Å²) in [5.74, 6) is -0.901. The highest BCUT2D eigenvalue weighted by Crippen LogP contribution is 2.27. The number of thioether (sulfide) groups is 1. The van der Waals surface area contributed by atoms with E-state index in [4.69, 9.17) is 21.4 Å². The van der Waals surface area contributed by atoms with Gasteiger partial charge in [-0.15, -0.1) is 11.8 Å². The molecule has 0 aliphatic heterocycles. The summed E-state index contributed by atoms with van der Waals surface area (Å²) in [4.78, 5) is 18.5. The average molecular weight is 263 g/mol. The van der Waals surface area contributed by atoms with Crippen LogP contribution in [-0.2, 0) is 4.79 Å². The van der Waals surface area contributed by atoms with Crippen LogP contribution in [0.5, 0.6) is 6.01 Å². The van der Waals surface area contributed by atoms with Crippen LogP contribution in [0.3, 0.4) is 0 Å². The lowest BCUT2D eigenvalue weighted by Gasteiger charge is -2.07. The van der Waals surface area contributed by atoms with Crippen LogP contribution in [0, 0.1) is 5.92 Å². The van der Waals surface area contributed by atoms with Crippen molar-refractivity contribution in [3.63, 3.8) is 0 Å². The second-order valence-corrected chi connectivity index (χ2v) is 4.48. The van der Waals surface area contributed by atoms with E-state index in [9.17, 15) is 4.79 Å². The smallest absolute Gasteiger partial charge is 0.317 e. The van der Waals surface area contributed by atoms with Crippen LogP contribution in [0.15, 0.2) is 11.2 Å². The molecule has 88 valence electrons. The fourth-order valence-corrected chi connectivity index (χ4v) is 1.95. The molecule has 0 saturated carbocycles. The van der Waals surface area contributed by atoms with Crippen molar-refractivity contribution in [2.24, 2.45) is 5.92 Å². The van der Waals surface area contributed by atoms with E-state index in [1.165, 1.54) is 25.1 Å². The lowest BCUT2D eigenvalue weighted by atomic mass is 10.2. The van der Waals surface area contributed by atoms with E-state index in [1.807, 2.05) is 0 Å². The van der Waals surface area contributed by atoms with Gasteiger partial charge in [0.05, 0.1) is 24.2 Å². The van der Waals surface area contributed by atoms with E-state index in [0.717, 1.165) is 0 Å². The van der Waals surface area contributed by atoms with Crippen LogP contribution in [0.2, 0.25) is 5.02 Å². The molecule has 1 rings (SSSR count). The number of methoxy groups -OCH3 is 1. The molecule has 1 aromatic heterocycles. The molecule has 1 atom stereocenters. The minimum atomic E-state index is -0.843. The summed E-state index contributed by atoms with van der Waals surface area (Å²) in [5.41, 5.74) is 0. The van der Waals surface area contributed by atoms with Crippen molar-refractivity contribution in [3.05, 3.63) is 11.2 Å². The predicted molar refractivity (Wildman–Crippen MR) is 61.1 cm³/mol. The van der Waals surface area contributed by atoms with E-state index >= 15 is 0 Å². The van der Waals surface area contributed by atoms with Gasteiger partial charge >= 0.3 is 12.0 Å². The number of rotatable bonds is 5. The van der Waals surface area contributed by atoms with Crippen molar-refractivity contribution >= 4 is 29.3 Å². The molecule has 16 heavy (non-hydrogen) atoms. The fraction of sp³-hybridized carbons (Fsp3) is 0.444. The minimum Gasteiger partial charge on any atom is -0.481 e. The number of carbonyl (C=O) groups is 1. The zero-order valence-electron chi connectivity index (χ0n) is 8.81. The van der Waals surface area contributed by atoms with Gasteiger partial charge in [0, 0.05) is 5.75 Å². The van der Waals surface area contributed by atoms with Gasteiger partial charge in [-0.25, -0.2) is 4.98 Å². The molecule has 1 N–H and O–H groups in total. The Hall–Kier alpha value is -1.01. The summed E-state index contributed by atoms with van der Waals surface area (Å²) in [7, 11) is 1.46. The molecular formula is C9H11ClN2O3S. The zero-order chi connectivity index (χ0) is 12.1. The van der Waals surface area contributed by atoms with Crippen molar-refractivity contribution in [2.75, 3.05) is 12.9 Å². The van der Waals surface area contributed by atoms with Crippen molar-refractivity contribution in [3.8, 4) is 6.01 Å². The standard InChI is InChI=1S/C9H11ClN2O3S/c1-5(8(13)14)4-16-7-6(10)3-11-9(12-7)15-2/h3,5H,4H2,1-2H3,(H,13,14). The Morgan fingerprint density at radius 3 is 3.00 bits per heavy atom. The van der Waals surface area contributed by atoms with E-state index in [1.54, 1.807) is 6.92 Å². The first-order valence-corrected chi connectivity index (χ1v) is 5.83. The lowest BCUT2D eigenvalue weighted by molar-refractivity contribution is -0.140. The van der Waals surface area contributed by atoms with Gasteiger partial charge in [-0.1, -0.05) is 18.5 Å². The second kappa shape index (κ2) is 5.91. The Balaban J connectivity index is 2.69. The highest BCUT2D eigenvalue weighted by Gasteiger charge is 2.13. The predicted octanol–water partition coefficient (Wildman–Crippen LogP) is 1.95. The third kappa shape index (κ3) is 3.53. The Kier molecular flexibility index (Phi) is 4.82. The Morgan fingerprint density at radius 1 is 1.75 bits per heavy atom. The fourth-order valence-electron chi connectivity index (χ4n) is 0.811. The summed E-state index contributed by atoms with van der Waals surface area (Å²) >= 11 is 7.14. The topological polar surface area (TPSA) is 72.3 Å². The van der Waals surface area contributed by atoms with E-state index in [-0.39, 0.29) is 6.01 Å². The number of halogens is 1. The summed E-state index contributed by atoms with van der Waals surface area (Å²) in [6, 6.07) is 0.217. The van der Waals surface area contributed by atoms with Crippen LogP contribution in [0.25, 0.3) is 0 Å². The average Bonchev–Trinajstić information content (AvgIpc) is 2.27. The highest BCUT2D eigenvalue weighted by atomic mass is 35.5. The molecule has 1 unspecified atom stereocenters. The van der Waals surface area contributed by atoms with Crippen LogP contribution < -0.4 is 4.74 Å². The molecule has 0 radical (unpaired) electrons. The lowest BCUT2D eigenvalue weighted by Crippen LogP contribution is -2.11. The second-order valence-electron chi connectivity index (χ2n) is 3.06. The largest absolute Gasteiger partial charge is 0.481 e. The van der Waals surface area contributed by atoms with Crippen molar-refractivity contribution in [1.29, 1.82) is 0 Å². The minimum absolute atomic E-state index is 0.217. The van der Waals surface area contributed by atoms with Gasteiger partial charge in [0.1, 0.15) is 5.03 Å². The van der Waals surface area contributed by atoms with Gasteiger partial charge in [0.2, 0.25) is 0 Å². The van der Waals surface area contributed by atoms with Crippen molar-refractivity contribution in [1.82, 2.24) is 9.97 Å². The Labute approximate surface area is 102 Å². The van der Waals surface area contributed by atoms with Crippen molar-refractivity contribution in [2.45, 2.75) is 11.9 Å². The molecule has 1 aromatic rings.